The number of thiophene rings is 1. The fourth-order valence-corrected chi connectivity index (χ4v) is 3.90. The third-order valence-electron chi connectivity index (χ3n) is 4.19. The van der Waals surface area contributed by atoms with E-state index in [4.69, 9.17) is 4.74 Å². The molecule has 1 aliphatic rings. The first-order chi connectivity index (χ1) is 11.0. The van der Waals surface area contributed by atoms with Gasteiger partial charge in [0.05, 0.1) is 24.5 Å². The first kappa shape index (κ1) is 17.5. The molecule has 126 valence electrons. The van der Waals surface area contributed by atoms with Crippen LogP contribution in [0.1, 0.15) is 47.8 Å². The van der Waals surface area contributed by atoms with E-state index in [-0.39, 0.29) is 5.91 Å². The minimum absolute atomic E-state index is 0.324. The number of amides is 1. The summed E-state index contributed by atoms with van der Waals surface area (Å²) in [5, 5.41) is 12.5. The summed E-state index contributed by atoms with van der Waals surface area (Å²) >= 11 is 1.32. The van der Waals surface area contributed by atoms with Crippen LogP contribution in [-0.4, -0.2) is 30.1 Å². The van der Waals surface area contributed by atoms with Gasteiger partial charge in [0, 0.05) is 4.88 Å². The lowest BCUT2D eigenvalue weighted by molar-refractivity contribution is -0.147. The summed E-state index contributed by atoms with van der Waals surface area (Å²) in [6.45, 7) is 1.96. The van der Waals surface area contributed by atoms with Crippen molar-refractivity contribution in [2.24, 2.45) is 11.8 Å². The molecule has 1 saturated carbocycles. The van der Waals surface area contributed by atoms with Gasteiger partial charge in [0.25, 0.3) is 0 Å². The van der Waals surface area contributed by atoms with E-state index in [2.05, 4.69) is 5.32 Å². The second-order valence-electron chi connectivity index (χ2n) is 5.63. The highest BCUT2D eigenvalue weighted by Crippen LogP contribution is 2.34. The van der Waals surface area contributed by atoms with E-state index >= 15 is 0 Å². The molecule has 1 amide bonds. The number of methoxy groups -OCH3 is 1. The molecule has 0 aromatic carbocycles. The molecule has 0 bridgehead atoms. The van der Waals surface area contributed by atoms with Crippen LogP contribution in [0.2, 0.25) is 0 Å². The van der Waals surface area contributed by atoms with Crippen molar-refractivity contribution in [1.29, 1.82) is 0 Å². The van der Waals surface area contributed by atoms with Gasteiger partial charge in [-0.1, -0.05) is 19.8 Å². The number of carboxylic acid groups (broad SMARTS) is 1. The van der Waals surface area contributed by atoms with Crippen LogP contribution in [0.25, 0.3) is 0 Å². The summed E-state index contributed by atoms with van der Waals surface area (Å²) in [6, 6.07) is 1.71. The maximum atomic E-state index is 12.5. The molecule has 1 aliphatic carbocycles. The Kier molecular flexibility index (Phi) is 5.76. The quantitative estimate of drug-likeness (QED) is 0.805. The van der Waals surface area contributed by atoms with Crippen LogP contribution in [0.5, 0.6) is 0 Å². The molecule has 2 rings (SSSR count). The van der Waals surface area contributed by atoms with Crippen LogP contribution < -0.4 is 5.32 Å². The number of carbonyl (C=O) groups is 3. The van der Waals surface area contributed by atoms with Gasteiger partial charge in [0.15, 0.2) is 0 Å². The largest absolute Gasteiger partial charge is 0.481 e. The summed E-state index contributed by atoms with van der Waals surface area (Å²) in [5.41, 5.74) is 0.324. The van der Waals surface area contributed by atoms with Gasteiger partial charge in [-0.15, -0.1) is 11.3 Å². The lowest BCUT2D eigenvalue weighted by atomic mass is 9.79. The Morgan fingerprint density at radius 2 is 1.96 bits per heavy atom. The standard InChI is InChI=1S/C16H21NO5S/c1-3-9-8-12(16(21)22-2)14(23-9)17-13(18)10-6-4-5-7-11(10)15(19)20/h8,10-11H,3-7H2,1-2H3,(H,17,18)(H,19,20)/t10-,11-/m0/s1. The van der Waals surface area contributed by atoms with E-state index in [0.717, 1.165) is 24.1 Å². The normalized spacial score (nSPS) is 20.8. The molecule has 7 heteroatoms. The average molecular weight is 339 g/mol. The van der Waals surface area contributed by atoms with Crippen LogP contribution in [0.15, 0.2) is 6.07 Å². The van der Waals surface area contributed by atoms with Crippen LogP contribution in [0.4, 0.5) is 5.00 Å². The maximum absolute atomic E-state index is 12.5. The van der Waals surface area contributed by atoms with Crippen molar-refractivity contribution in [2.45, 2.75) is 39.0 Å². The Hall–Kier alpha value is -1.89. The number of rotatable bonds is 5. The zero-order valence-electron chi connectivity index (χ0n) is 13.3. The first-order valence-electron chi connectivity index (χ1n) is 7.72. The Morgan fingerprint density at radius 3 is 2.52 bits per heavy atom. The van der Waals surface area contributed by atoms with Gasteiger partial charge in [-0.05, 0) is 25.3 Å². The Labute approximate surface area is 138 Å². The van der Waals surface area contributed by atoms with Gasteiger partial charge in [-0.2, -0.15) is 0 Å². The number of hydrogen-bond donors (Lipinski definition) is 2. The molecule has 1 fully saturated rings. The zero-order chi connectivity index (χ0) is 17.0. The molecule has 1 aromatic heterocycles. The number of hydrogen-bond acceptors (Lipinski definition) is 5. The molecule has 6 nitrogen and oxygen atoms in total. The van der Waals surface area contributed by atoms with Crippen molar-refractivity contribution in [3.8, 4) is 0 Å². The van der Waals surface area contributed by atoms with E-state index in [0.29, 0.717) is 23.4 Å². The number of carboxylic acids is 1. The highest BCUT2D eigenvalue weighted by Gasteiger charge is 2.36. The molecule has 0 unspecified atom stereocenters. The number of esters is 1. The van der Waals surface area contributed by atoms with E-state index in [1.165, 1.54) is 18.4 Å². The van der Waals surface area contributed by atoms with Crippen molar-refractivity contribution >= 4 is 34.2 Å². The van der Waals surface area contributed by atoms with Gasteiger partial charge in [-0.25, -0.2) is 4.79 Å². The Balaban J connectivity index is 2.20. The van der Waals surface area contributed by atoms with Gasteiger partial charge < -0.3 is 15.2 Å². The Bertz CT molecular complexity index is 610. The fourth-order valence-electron chi connectivity index (χ4n) is 2.92. The van der Waals surface area contributed by atoms with Crippen molar-refractivity contribution < 1.29 is 24.2 Å². The number of nitrogens with one attached hydrogen (secondary N) is 1. The van der Waals surface area contributed by atoms with Gasteiger partial charge in [0.1, 0.15) is 5.00 Å². The van der Waals surface area contributed by atoms with Gasteiger partial charge >= 0.3 is 11.9 Å². The SMILES string of the molecule is CCc1cc(C(=O)OC)c(NC(=O)[C@H]2CCCC[C@@H]2C(=O)O)s1. The van der Waals surface area contributed by atoms with Crippen LogP contribution >= 0.6 is 11.3 Å². The number of anilines is 1. The first-order valence-corrected chi connectivity index (χ1v) is 8.54. The summed E-state index contributed by atoms with van der Waals surface area (Å²) in [4.78, 5) is 36.7. The fraction of sp³-hybridized carbons (Fsp3) is 0.562. The van der Waals surface area contributed by atoms with Crippen LogP contribution in [0, 0.1) is 11.8 Å². The molecule has 0 aliphatic heterocycles. The smallest absolute Gasteiger partial charge is 0.340 e. The molecule has 1 heterocycles. The summed E-state index contributed by atoms with van der Waals surface area (Å²) in [7, 11) is 1.29. The molecule has 1 aromatic rings. The van der Waals surface area contributed by atoms with Crippen molar-refractivity contribution in [1.82, 2.24) is 0 Å². The third-order valence-corrected chi connectivity index (χ3v) is 5.39. The minimum atomic E-state index is -0.932. The third kappa shape index (κ3) is 3.90. The van der Waals surface area contributed by atoms with Gasteiger partial charge in [0.2, 0.25) is 5.91 Å². The number of carbonyl (C=O) groups excluding carboxylic acids is 2. The van der Waals surface area contributed by atoms with E-state index in [1.807, 2.05) is 6.92 Å². The molecule has 0 radical (unpaired) electrons. The lowest BCUT2D eigenvalue weighted by Crippen LogP contribution is -2.36. The number of aryl methyl sites for hydroxylation is 1. The average Bonchev–Trinajstić information content (AvgIpc) is 2.97. The summed E-state index contributed by atoms with van der Waals surface area (Å²) < 4.78 is 4.74. The van der Waals surface area contributed by atoms with Crippen LogP contribution in [-0.2, 0) is 20.7 Å². The highest BCUT2D eigenvalue weighted by molar-refractivity contribution is 7.16. The monoisotopic (exact) mass is 339 g/mol. The lowest BCUT2D eigenvalue weighted by Gasteiger charge is -2.27. The molecular formula is C16H21NO5S. The Morgan fingerprint density at radius 1 is 1.30 bits per heavy atom. The molecule has 0 saturated heterocycles. The summed E-state index contributed by atoms with van der Waals surface area (Å²) in [5.74, 6) is -2.98. The molecule has 2 atom stereocenters. The van der Waals surface area contributed by atoms with Crippen molar-refractivity contribution in [3.05, 3.63) is 16.5 Å². The zero-order valence-corrected chi connectivity index (χ0v) is 14.1. The van der Waals surface area contributed by atoms with Crippen molar-refractivity contribution in [3.63, 3.8) is 0 Å². The van der Waals surface area contributed by atoms with E-state index in [9.17, 15) is 19.5 Å². The van der Waals surface area contributed by atoms with E-state index in [1.54, 1.807) is 6.07 Å². The predicted molar refractivity (Wildman–Crippen MR) is 86.8 cm³/mol. The van der Waals surface area contributed by atoms with Crippen molar-refractivity contribution in [2.75, 3.05) is 12.4 Å². The molecule has 23 heavy (non-hydrogen) atoms. The maximum Gasteiger partial charge on any atom is 0.340 e. The highest BCUT2D eigenvalue weighted by atomic mass is 32.1. The molecule has 0 spiro atoms. The second kappa shape index (κ2) is 7.59. The second-order valence-corrected chi connectivity index (χ2v) is 6.76. The van der Waals surface area contributed by atoms with E-state index < -0.39 is 23.8 Å². The molecule has 2 N–H and O–H groups in total. The minimum Gasteiger partial charge on any atom is -0.481 e. The van der Waals surface area contributed by atoms with Gasteiger partial charge in [-0.3, -0.25) is 9.59 Å². The topological polar surface area (TPSA) is 92.7 Å². The summed E-state index contributed by atoms with van der Waals surface area (Å²) in [6.07, 6.45) is 3.49. The predicted octanol–water partition coefficient (Wildman–Crippen LogP) is 2.93. The number of ether oxygens (including phenoxy) is 1. The van der Waals surface area contributed by atoms with Crippen LogP contribution in [0.3, 0.4) is 0 Å². The molecular weight excluding hydrogens is 318 g/mol. The number of aliphatic carboxylic acids is 1.